The third-order valence-electron chi connectivity index (χ3n) is 4.99. The molecule has 1 atom stereocenters. The van der Waals surface area contributed by atoms with E-state index in [9.17, 15) is 23.6 Å². The zero-order valence-electron chi connectivity index (χ0n) is 15.9. The number of rotatable bonds is 6. The van der Waals surface area contributed by atoms with Crippen molar-refractivity contribution < 1.29 is 23.2 Å². The summed E-state index contributed by atoms with van der Waals surface area (Å²) in [6.07, 6.45) is -0.425. The van der Waals surface area contributed by atoms with Gasteiger partial charge >= 0.3 is 0 Å². The molecule has 0 amide bonds. The fraction of sp³-hybridized carbons (Fsp3) is 0.647. The standard InChI is InChI=1S/C17H26N4O6S/c1-14(22)13-18-4-6-19(7-5-18)16-3-2-15(12-17(16)21(23)24)28(25,26)20-8-10-27-11-9-20/h2-3,12,14,22H,4-11,13H2,1H3. The third-order valence-corrected chi connectivity index (χ3v) is 6.88. The van der Waals surface area contributed by atoms with Crippen molar-refractivity contribution in [2.45, 2.75) is 17.9 Å². The molecule has 10 nitrogen and oxygen atoms in total. The van der Waals surface area contributed by atoms with Crippen LogP contribution in [-0.4, -0.2) is 92.8 Å². The molecule has 2 fully saturated rings. The Morgan fingerprint density at radius 2 is 1.82 bits per heavy atom. The molecule has 3 rings (SSSR count). The molecule has 0 spiro atoms. The van der Waals surface area contributed by atoms with Crippen LogP contribution in [0.15, 0.2) is 23.1 Å². The Kier molecular flexibility index (Phi) is 6.50. The molecule has 1 unspecified atom stereocenters. The fourth-order valence-electron chi connectivity index (χ4n) is 3.56. The number of aliphatic hydroxyl groups excluding tert-OH is 1. The Morgan fingerprint density at radius 3 is 2.39 bits per heavy atom. The Labute approximate surface area is 164 Å². The van der Waals surface area contributed by atoms with Crippen molar-refractivity contribution >= 4 is 21.4 Å². The van der Waals surface area contributed by atoms with Gasteiger partial charge < -0.3 is 14.7 Å². The number of benzene rings is 1. The second-order valence-corrected chi connectivity index (χ2v) is 9.00. The number of aliphatic hydroxyl groups is 1. The third kappa shape index (κ3) is 4.61. The van der Waals surface area contributed by atoms with Gasteiger partial charge in [-0.25, -0.2) is 8.42 Å². The van der Waals surface area contributed by atoms with Gasteiger partial charge in [0, 0.05) is 51.9 Å². The lowest BCUT2D eigenvalue weighted by Gasteiger charge is -2.36. The molecule has 2 heterocycles. The van der Waals surface area contributed by atoms with E-state index in [-0.39, 0.29) is 23.7 Å². The molecule has 0 saturated carbocycles. The number of β-amino-alcohol motifs (C(OH)–C–C–N with tert-alkyl or cyclic N) is 1. The summed E-state index contributed by atoms with van der Waals surface area (Å²) in [4.78, 5) is 15.0. The van der Waals surface area contributed by atoms with Gasteiger partial charge in [-0.1, -0.05) is 0 Å². The summed E-state index contributed by atoms with van der Waals surface area (Å²) in [6, 6.07) is 4.12. The lowest BCUT2D eigenvalue weighted by atomic mass is 10.2. The summed E-state index contributed by atoms with van der Waals surface area (Å²) in [7, 11) is -3.79. The van der Waals surface area contributed by atoms with E-state index in [1.807, 2.05) is 4.90 Å². The normalized spacial score (nSPS) is 20.9. The predicted octanol–water partition coefficient (Wildman–Crippen LogP) is 0.119. The van der Waals surface area contributed by atoms with Crippen LogP contribution in [0.4, 0.5) is 11.4 Å². The van der Waals surface area contributed by atoms with Gasteiger partial charge in [0.25, 0.3) is 5.69 Å². The van der Waals surface area contributed by atoms with Gasteiger partial charge in [0.2, 0.25) is 10.0 Å². The quantitative estimate of drug-likeness (QED) is 0.515. The maximum absolute atomic E-state index is 12.8. The van der Waals surface area contributed by atoms with Crippen LogP contribution in [0.3, 0.4) is 0 Å². The number of ether oxygens (including phenoxy) is 1. The lowest BCUT2D eigenvalue weighted by molar-refractivity contribution is -0.384. The van der Waals surface area contributed by atoms with Crippen molar-refractivity contribution in [3.05, 3.63) is 28.3 Å². The number of hydrogen-bond donors (Lipinski definition) is 1. The fourth-order valence-corrected chi connectivity index (χ4v) is 4.99. The molecule has 2 aliphatic heterocycles. The molecule has 0 bridgehead atoms. The van der Waals surface area contributed by atoms with Gasteiger partial charge in [0.1, 0.15) is 5.69 Å². The van der Waals surface area contributed by atoms with E-state index in [4.69, 9.17) is 4.74 Å². The first-order valence-corrected chi connectivity index (χ1v) is 10.7. The van der Waals surface area contributed by atoms with Crippen molar-refractivity contribution in [2.24, 2.45) is 0 Å². The molecule has 2 saturated heterocycles. The van der Waals surface area contributed by atoms with E-state index in [0.717, 1.165) is 6.07 Å². The molecule has 0 radical (unpaired) electrons. The maximum Gasteiger partial charge on any atom is 0.293 e. The Balaban J connectivity index is 1.81. The highest BCUT2D eigenvalue weighted by atomic mass is 32.2. The zero-order valence-corrected chi connectivity index (χ0v) is 16.7. The Morgan fingerprint density at radius 1 is 1.18 bits per heavy atom. The van der Waals surface area contributed by atoms with Gasteiger partial charge in [-0.15, -0.1) is 0 Å². The first kappa shape index (κ1) is 20.9. The van der Waals surface area contributed by atoms with Gasteiger partial charge in [-0.3, -0.25) is 15.0 Å². The first-order chi connectivity index (χ1) is 13.3. The summed E-state index contributed by atoms with van der Waals surface area (Å²) >= 11 is 0. The number of anilines is 1. The van der Waals surface area contributed by atoms with Crippen LogP contribution in [0.1, 0.15) is 6.92 Å². The highest BCUT2D eigenvalue weighted by molar-refractivity contribution is 7.89. The molecule has 11 heteroatoms. The highest BCUT2D eigenvalue weighted by Crippen LogP contribution is 2.32. The molecule has 1 aromatic carbocycles. The summed E-state index contributed by atoms with van der Waals surface area (Å²) in [5.41, 5.74) is 0.209. The van der Waals surface area contributed by atoms with Crippen LogP contribution in [0.2, 0.25) is 0 Å². The maximum atomic E-state index is 12.8. The summed E-state index contributed by atoms with van der Waals surface area (Å²) in [6.45, 7) is 5.90. The van der Waals surface area contributed by atoms with E-state index in [1.54, 1.807) is 6.92 Å². The minimum absolute atomic E-state index is 0.0717. The van der Waals surface area contributed by atoms with E-state index < -0.39 is 21.1 Å². The van der Waals surface area contributed by atoms with E-state index in [2.05, 4.69) is 4.90 Å². The van der Waals surface area contributed by atoms with Gasteiger partial charge in [0.05, 0.1) is 29.1 Å². The van der Waals surface area contributed by atoms with Crippen molar-refractivity contribution in [1.29, 1.82) is 0 Å². The molecule has 0 aromatic heterocycles. The second kappa shape index (κ2) is 8.70. The van der Waals surface area contributed by atoms with Crippen LogP contribution in [0.25, 0.3) is 0 Å². The Hall–Kier alpha value is -1.79. The molecule has 1 aromatic rings. The molecule has 2 aliphatic rings. The molecule has 0 aliphatic carbocycles. The largest absolute Gasteiger partial charge is 0.392 e. The average molecular weight is 414 g/mol. The highest BCUT2D eigenvalue weighted by Gasteiger charge is 2.30. The monoisotopic (exact) mass is 414 g/mol. The second-order valence-electron chi connectivity index (χ2n) is 7.06. The van der Waals surface area contributed by atoms with Gasteiger partial charge in [0.15, 0.2) is 0 Å². The van der Waals surface area contributed by atoms with E-state index in [1.165, 1.54) is 16.4 Å². The summed E-state index contributed by atoms with van der Waals surface area (Å²) < 4.78 is 32.1. The van der Waals surface area contributed by atoms with Crippen LogP contribution >= 0.6 is 0 Å². The SMILES string of the molecule is CC(O)CN1CCN(c2ccc(S(=O)(=O)N3CCOCC3)cc2[N+](=O)[O-])CC1. The molecule has 156 valence electrons. The van der Waals surface area contributed by atoms with Crippen molar-refractivity contribution in [3.8, 4) is 0 Å². The number of piperazine rings is 1. The lowest BCUT2D eigenvalue weighted by Crippen LogP contribution is -2.48. The predicted molar refractivity (Wildman–Crippen MR) is 103 cm³/mol. The smallest absolute Gasteiger partial charge is 0.293 e. The summed E-state index contributed by atoms with van der Waals surface area (Å²) in [5, 5.41) is 21.1. The van der Waals surface area contributed by atoms with E-state index in [0.29, 0.717) is 51.6 Å². The Bertz CT molecular complexity index is 802. The van der Waals surface area contributed by atoms with Crippen LogP contribution in [0, 0.1) is 10.1 Å². The number of hydrogen-bond acceptors (Lipinski definition) is 8. The van der Waals surface area contributed by atoms with Crippen molar-refractivity contribution in [3.63, 3.8) is 0 Å². The minimum atomic E-state index is -3.79. The zero-order chi connectivity index (χ0) is 20.3. The van der Waals surface area contributed by atoms with Crippen LogP contribution in [0.5, 0.6) is 0 Å². The average Bonchev–Trinajstić information content (AvgIpc) is 2.68. The molecule has 1 N–H and O–H groups in total. The van der Waals surface area contributed by atoms with Crippen molar-refractivity contribution in [2.75, 3.05) is 63.9 Å². The first-order valence-electron chi connectivity index (χ1n) is 9.31. The minimum Gasteiger partial charge on any atom is -0.392 e. The molecule has 28 heavy (non-hydrogen) atoms. The topological polar surface area (TPSA) is 116 Å². The molecular formula is C17H26N4O6S. The van der Waals surface area contributed by atoms with Crippen LogP contribution in [-0.2, 0) is 14.8 Å². The number of sulfonamides is 1. The van der Waals surface area contributed by atoms with Gasteiger partial charge in [-0.2, -0.15) is 4.31 Å². The van der Waals surface area contributed by atoms with Crippen molar-refractivity contribution in [1.82, 2.24) is 9.21 Å². The number of nitro groups is 1. The number of nitrogens with zero attached hydrogens (tertiary/aromatic N) is 4. The summed E-state index contributed by atoms with van der Waals surface area (Å²) in [5.74, 6) is 0. The number of nitro benzene ring substituents is 1. The van der Waals surface area contributed by atoms with Gasteiger partial charge in [-0.05, 0) is 19.1 Å². The van der Waals surface area contributed by atoms with E-state index >= 15 is 0 Å². The van der Waals surface area contributed by atoms with Crippen LogP contribution < -0.4 is 4.90 Å². The molecular weight excluding hydrogens is 388 g/mol. The number of morpholine rings is 1.